The standard InChI is InChI=1S/C15H16FN5/c1-4-9-18-14(17-3)15-19-11(2)21(20-15)10-12-7-5-6-8-13(12)16/h4-9H,3,10H2,1-2H3/b9-4-,18-14?. The summed E-state index contributed by atoms with van der Waals surface area (Å²) in [7, 11) is 0. The first-order valence-corrected chi connectivity index (χ1v) is 6.46. The van der Waals surface area contributed by atoms with Crippen LogP contribution in [-0.2, 0) is 6.54 Å². The number of allylic oxidation sites excluding steroid dienone is 1. The average Bonchev–Trinajstić information content (AvgIpc) is 2.83. The van der Waals surface area contributed by atoms with Crippen molar-refractivity contribution in [3.05, 3.63) is 59.6 Å². The summed E-state index contributed by atoms with van der Waals surface area (Å²) >= 11 is 0. The second-order valence-electron chi connectivity index (χ2n) is 4.32. The molecule has 0 fully saturated rings. The molecule has 0 atom stereocenters. The lowest BCUT2D eigenvalue weighted by atomic mass is 10.2. The van der Waals surface area contributed by atoms with Gasteiger partial charge in [-0.2, -0.15) is 0 Å². The van der Waals surface area contributed by atoms with Crippen molar-refractivity contribution >= 4 is 12.6 Å². The van der Waals surface area contributed by atoms with E-state index in [1.165, 1.54) is 6.07 Å². The summed E-state index contributed by atoms with van der Waals surface area (Å²) in [6.45, 7) is 7.41. The lowest BCUT2D eigenvalue weighted by molar-refractivity contribution is 0.578. The van der Waals surface area contributed by atoms with Gasteiger partial charge in [0.15, 0.2) is 5.84 Å². The van der Waals surface area contributed by atoms with E-state index in [0.717, 1.165) is 0 Å². The smallest absolute Gasteiger partial charge is 0.219 e. The molecule has 0 aliphatic rings. The third-order valence-electron chi connectivity index (χ3n) is 2.83. The van der Waals surface area contributed by atoms with Crippen LogP contribution in [0.25, 0.3) is 0 Å². The van der Waals surface area contributed by atoms with Crippen LogP contribution in [0.5, 0.6) is 0 Å². The molecule has 108 valence electrons. The zero-order valence-electron chi connectivity index (χ0n) is 12.0. The highest BCUT2D eigenvalue weighted by atomic mass is 19.1. The highest BCUT2D eigenvalue weighted by Crippen LogP contribution is 2.10. The fourth-order valence-corrected chi connectivity index (χ4v) is 1.77. The number of aryl methyl sites for hydroxylation is 1. The largest absolute Gasteiger partial charge is 0.245 e. The van der Waals surface area contributed by atoms with Gasteiger partial charge in [-0.1, -0.05) is 24.3 Å². The maximum atomic E-state index is 13.7. The lowest BCUT2D eigenvalue weighted by Crippen LogP contribution is -2.07. The van der Waals surface area contributed by atoms with Crippen molar-refractivity contribution in [1.82, 2.24) is 14.8 Å². The molecule has 0 saturated carbocycles. The minimum atomic E-state index is -0.265. The van der Waals surface area contributed by atoms with Crippen molar-refractivity contribution in [1.29, 1.82) is 0 Å². The molecule has 0 aliphatic heterocycles. The number of hydrogen-bond acceptors (Lipinski definition) is 3. The third kappa shape index (κ3) is 3.47. The van der Waals surface area contributed by atoms with Crippen molar-refractivity contribution in [3.8, 4) is 0 Å². The molecular weight excluding hydrogens is 269 g/mol. The van der Waals surface area contributed by atoms with E-state index in [9.17, 15) is 4.39 Å². The molecule has 0 aliphatic carbocycles. The third-order valence-corrected chi connectivity index (χ3v) is 2.83. The predicted octanol–water partition coefficient (Wildman–Crippen LogP) is 2.75. The highest BCUT2D eigenvalue weighted by Gasteiger charge is 2.12. The SMILES string of the molecule is C=NC(=N/C=C\C)c1nc(C)n(Cc2ccccc2F)n1. The minimum Gasteiger partial charge on any atom is -0.245 e. The monoisotopic (exact) mass is 285 g/mol. The Morgan fingerprint density at radius 1 is 1.43 bits per heavy atom. The molecule has 0 saturated heterocycles. The summed E-state index contributed by atoms with van der Waals surface area (Å²) in [6.07, 6.45) is 3.37. The van der Waals surface area contributed by atoms with E-state index >= 15 is 0 Å². The molecule has 1 heterocycles. The molecule has 1 aromatic carbocycles. The molecule has 0 N–H and O–H groups in total. The second kappa shape index (κ2) is 6.69. The van der Waals surface area contributed by atoms with Gasteiger partial charge in [-0.15, -0.1) is 5.10 Å². The van der Waals surface area contributed by atoms with E-state index in [4.69, 9.17) is 0 Å². The Labute approximate surface area is 122 Å². The molecule has 6 heteroatoms. The predicted molar refractivity (Wildman–Crippen MR) is 81.2 cm³/mol. The molecule has 2 rings (SSSR count). The molecular formula is C15H16FN5. The number of halogens is 1. The molecule has 0 unspecified atom stereocenters. The molecule has 1 aromatic heterocycles. The first-order chi connectivity index (χ1) is 10.2. The van der Waals surface area contributed by atoms with E-state index in [0.29, 0.717) is 29.6 Å². The van der Waals surface area contributed by atoms with Gasteiger partial charge in [-0.3, -0.25) is 0 Å². The van der Waals surface area contributed by atoms with Gasteiger partial charge in [0.25, 0.3) is 0 Å². The summed E-state index contributed by atoms with van der Waals surface area (Å²) in [5.74, 6) is 1.10. The molecule has 21 heavy (non-hydrogen) atoms. The van der Waals surface area contributed by atoms with Gasteiger partial charge < -0.3 is 0 Å². The van der Waals surface area contributed by atoms with E-state index in [1.54, 1.807) is 42.1 Å². The Morgan fingerprint density at radius 3 is 2.86 bits per heavy atom. The number of benzene rings is 1. The van der Waals surface area contributed by atoms with Crippen LogP contribution < -0.4 is 0 Å². The second-order valence-corrected chi connectivity index (χ2v) is 4.32. The van der Waals surface area contributed by atoms with E-state index < -0.39 is 0 Å². The van der Waals surface area contributed by atoms with Gasteiger partial charge in [0, 0.05) is 11.8 Å². The quantitative estimate of drug-likeness (QED) is 0.640. The first kappa shape index (κ1) is 14.8. The number of amidine groups is 1. The Bertz CT molecular complexity index is 700. The van der Waals surface area contributed by atoms with E-state index in [-0.39, 0.29) is 5.82 Å². The van der Waals surface area contributed by atoms with Crippen LogP contribution >= 0.6 is 0 Å². The van der Waals surface area contributed by atoms with Crippen LogP contribution in [0.1, 0.15) is 24.1 Å². The van der Waals surface area contributed by atoms with Gasteiger partial charge in [-0.25, -0.2) is 24.0 Å². The van der Waals surface area contributed by atoms with Crippen molar-refractivity contribution in [2.24, 2.45) is 9.98 Å². The summed E-state index contributed by atoms with van der Waals surface area (Å²) in [5, 5.41) is 4.31. The summed E-state index contributed by atoms with van der Waals surface area (Å²) in [4.78, 5) is 12.2. The topological polar surface area (TPSA) is 55.4 Å². The number of hydrogen-bond donors (Lipinski definition) is 0. The van der Waals surface area contributed by atoms with Crippen molar-refractivity contribution < 1.29 is 4.39 Å². The number of aromatic nitrogens is 3. The molecule has 0 radical (unpaired) electrons. The molecule has 0 bridgehead atoms. The summed E-state index contributed by atoms with van der Waals surface area (Å²) in [5.41, 5.74) is 0.551. The van der Waals surface area contributed by atoms with Crippen molar-refractivity contribution in [2.75, 3.05) is 0 Å². The Morgan fingerprint density at radius 2 is 2.19 bits per heavy atom. The van der Waals surface area contributed by atoms with Crippen LogP contribution in [0.15, 0.2) is 46.5 Å². The fourth-order valence-electron chi connectivity index (χ4n) is 1.77. The molecule has 0 amide bonds. The zero-order chi connectivity index (χ0) is 15.2. The van der Waals surface area contributed by atoms with Crippen molar-refractivity contribution in [2.45, 2.75) is 20.4 Å². The van der Waals surface area contributed by atoms with E-state index in [2.05, 4.69) is 26.8 Å². The van der Waals surface area contributed by atoms with Crippen LogP contribution in [0, 0.1) is 12.7 Å². The van der Waals surface area contributed by atoms with Crippen molar-refractivity contribution in [3.63, 3.8) is 0 Å². The Balaban J connectivity index is 2.31. The first-order valence-electron chi connectivity index (χ1n) is 6.46. The lowest BCUT2D eigenvalue weighted by Gasteiger charge is -2.04. The van der Waals surface area contributed by atoms with Gasteiger partial charge in [0.2, 0.25) is 5.82 Å². The zero-order valence-corrected chi connectivity index (χ0v) is 12.0. The van der Waals surface area contributed by atoms with Gasteiger partial charge in [0.05, 0.1) is 6.54 Å². The highest BCUT2D eigenvalue weighted by molar-refractivity contribution is 5.98. The summed E-state index contributed by atoms with van der Waals surface area (Å²) < 4.78 is 15.3. The van der Waals surface area contributed by atoms with Gasteiger partial charge >= 0.3 is 0 Å². The van der Waals surface area contributed by atoms with Crippen LogP contribution in [-0.4, -0.2) is 27.3 Å². The van der Waals surface area contributed by atoms with Gasteiger partial charge in [-0.05, 0) is 26.6 Å². The van der Waals surface area contributed by atoms with Crippen LogP contribution in [0.4, 0.5) is 4.39 Å². The Kier molecular flexibility index (Phi) is 4.71. The molecule has 2 aromatic rings. The summed E-state index contributed by atoms with van der Waals surface area (Å²) in [6, 6.07) is 6.58. The maximum Gasteiger partial charge on any atom is 0.219 e. The maximum absolute atomic E-state index is 13.7. The van der Waals surface area contributed by atoms with Gasteiger partial charge in [0.1, 0.15) is 11.6 Å². The number of rotatable bonds is 4. The number of nitrogens with zero attached hydrogens (tertiary/aromatic N) is 5. The number of aliphatic imine (C=N–C) groups is 2. The minimum absolute atomic E-state index is 0.265. The fraction of sp³-hybridized carbons (Fsp3) is 0.200. The van der Waals surface area contributed by atoms with Crippen LogP contribution in [0.3, 0.4) is 0 Å². The Hall–Kier alpha value is -2.63. The molecule has 0 spiro atoms. The normalized spacial score (nSPS) is 12.0. The van der Waals surface area contributed by atoms with Crippen LogP contribution in [0.2, 0.25) is 0 Å². The average molecular weight is 285 g/mol. The van der Waals surface area contributed by atoms with E-state index in [1.807, 2.05) is 6.92 Å². The molecule has 5 nitrogen and oxygen atoms in total.